The van der Waals surface area contributed by atoms with Gasteiger partial charge in [0.1, 0.15) is 0 Å². The van der Waals surface area contributed by atoms with Crippen LogP contribution in [-0.2, 0) is 4.79 Å². The topological polar surface area (TPSA) is 41.1 Å². The molecule has 1 amide bonds. The molecule has 3 nitrogen and oxygen atoms in total. The predicted octanol–water partition coefficient (Wildman–Crippen LogP) is 0.906. The van der Waals surface area contributed by atoms with E-state index in [0.29, 0.717) is 6.54 Å². The molecule has 0 aliphatic carbocycles. The smallest absolute Gasteiger partial charge is 0.227 e. The maximum Gasteiger partial charge on any atom is 0.227 e. The molecule has 0 radical (unpaired) electrons. The summed E-state index contributed by atoms with van der Waals surface area (Å²) in [5, 5.41) is 6.19. The van der Waals surface area contributed by atoms with E-state index in [0.717, 1.165) is 32.4 Å². The van der Waals surface area contributed by atoms with Gasteiger partial charge in [0.25, 0.3) is 0 Å². The van der Waals surface area contributed by atoms with Crippen molar-refractivity contribution in [1.82, 2.24) is 10.6 Å². The van der Waals surface area contributed by atoms with Crippen LogP contribution in [0.1, 0.15) is 33.1 Å². The van der Waals surface area contributed by atoms with Gasteiger partial charge in [0.2, 0.25) is 5.91 Å². The number of carbonyl (C=O) groups is 1. The Kier molecular flexibility index (Phi) is 4.64. The summed E-state index contributed by atoms with van der Waals surface area (Å²) in [5.41, 5.74) is -0.152. The van der Waals surface area contributed by atoms with Gasteiger partial charge in [-0.05, 0) is 39.3 Å². The van der Waals surface area contributed by atoms with E-state index in [1.165, 1.54) is 0 Å². The lowest BCUT2D eigenvalue weighted by atomic mass is 9.76. The first-order chi connectivity index (χ1) is 7.25. The van der Waals surface area contributed by atoms with E-state index in [1.54, 1.807) is 6.92 Å². The zero-order valence-corrected chi connectivity index (χ0v) is 9.65. The molecule has 0 bridgehead atoms. The lowest BCUT2D eigenvalue weighted by molar-refractivity contribution is -0.132. The summed E-state index contributed by atoms with van der Waals surface area (Å²) in [6.07, 6.45) is 2.80. The van der Waals surface area contributed by atoms with Crippen molar-refractivity contribution in [2.75, 3.05) is 19.6 Å². The van der Waals surface area contributed by atoms with Gasteiger partial charge in [-0.1, -0.05) is 12.8 Å². The normalized spacial score (nSPS) is 18.8. The third-order valence-corrected chi connectivity index (χ3v) is 3.23. The molecule has 1 saturated heterocycles. The number of carbonyl (C=O) groups excluding carboxylic acids is 1. The Bertz CT molecular complexity index is 269. The van der Waals surface area contributed by atoms with Crippen molar-refractivity contribution in [3.63, 3.8) is 0 Å². The second-order valence-electron chi connectivity index (χ2n) is 3.99. The van der Waals surface area contributed by atoms with Crippen LogP contribution in [0.4, 0.5) is 0 Å². The van der Waals surface area contributed by atoms with E-state index in [2.05, 4.69) is 29.4 Å². The lowest BCUT2D eigenvalue weighted by Crippen LogP contribution is -2.47. The second kappa shape index (κ2) is 5.77. The standard InChI is InChI=1S/C12H20N2O/c1-3-5-8-14-11(15)12(4-2)6-9-13-10-7-12/h13H,4,6-10H2,1-2H3,(H,14,15). The van der Waals surface area contributed by atoms with Crippen LogP contribution in [0, 0.1) is 17.3 Å². The number of amides is 1. The molecule has 0 aromatic rings. The quantitative estimate of drug-likeness (QED) is 0.677. The minimum Gasteiger partial charge on any atom is -0.345 e. The molecule has 1 aliphatic rings. The molecule has 2 N–H and O–H groups in total. The van der Waals surface area contributed by atoms with E-state index < -0.39 is 0 Å². The Morgan fingerprint density at radius 3 is 2.67 bits per heavy atom. The van der Waals surface area contributed by atoms with Gasteiger partial charge in [-0.3, -0.25) is 4.79 Å². The monoisotopic (exact) mass is 208 g/mol. The predicted molar refractivity (Wildman–Crippen MR) is 61.3 cm³/mol. The van der Waals surface area contributed by atoms with Crippen LogP contribution in [0.2, 0.25) is 0 Å². The summed E-state index contributed by atoms with van der Waals surface area (Å²) in [5.74, 6) is 5.82. The van der Waals surface area contributed by atoms with Gasteiger partial charge in [0, 0.05) is 0 Å². The minimum atomic E-state index is -0.152. The fourth-order valence-electron chi connectivity index (χ4n) is 2.05. The van der Waals surface area contributed by atoms with Crippen molar-refractivity contribution < 1.29 is 4.79 Å². The minimum absolute atomic E-state index is 0.152. The summed E-state index contributed by atoms with van der Waals surface area (Å²) >= 11 is 0. The van der Waals surface area contributed by atoms with Gasteiger partial charge in [-0.15, -0.1) is 5.92 Å². The van der Waals surface area contributed by atoms with Crippen molar-refractivity contribution in [1.29, 1.82) is 0 Å². The van der Waals surface area contributed by atoms with E-state index in [4.69, 9.17) is 0 Å². The van der Waals surface area contributed by atoms with Crippen LogP contribution in [0.25, 0.3) is 0 Å². The molecule has 0 spiro atoms. The summed E-state index contributed by atoms with van der Waals surface area (Å²) in [7, 11) is 0. The summed E-state index contributed by atoms with van der Waals surface area (Å²) in [6, 6.07) is 0. The molecular formula is C12H20N2O. The van der Waals surface area contributed by atoms with Gasteiger partial charge < -0.3 is 10.6 Å². The molecule has 84 valence electrons. The summed E-state index contributed by atoms with van der Waals surface area (Å²) < 4.78 is 0. The molecule has 1 heterocycles. The SMILES string of the molecule is CC#CCNC(=O)C1(CC)CCNCC1. The first kappa shape index (κ1) is 12.1. The summed E-state index contributed by atoms with van der Waals surface area (Å²) in [4.78, 5) is 12.0. The zero-order valence-electron chi connectivity index (χ0n) is 9.65. The van der Waals surface area contributed by atoms with E-state index in [9.17, 15) is 4.79 Å². The van der Waals surface area contributed by atoms with Gasteiger partial charge in [-0.2, -0.15) is 0 Å². The molecule has 0 aromatic heterocycles. The molecule has 1 fully saturated rings. The van der Waals surface area contributed by atoms with Crippen molar-refractivity contribution in [2.24, 2.45) is 5.41 Å². The maximum atomic E-state index is 12.0. The second-order valence-corrected chi connectivity index (χ2v) is 3.99. The number of hydrogen-bond donors (Lipinski definition) is 2. The molecule has 0 saturated carbocycles. The molecule has 0 atom stereocenters. The highest BCUT2D eigenvalue weighted by Gasteiger charge is 2.37. The van der Waals surface area contributed by atoms with Crippen molar-refractivity contribution in [3.05, 3.63) is 0 Å². The molecule has 0 aromatic carbocycles. The van der Waals surface area contributed by atoms with Crippen molar-refractivity contribution in [3.8, 4) is 11.8 Å². The van der Waals surface area contributed by atoms with Crippen LogP contribution in [-0.4, -0.2) is 25.5 Å². The number of nitrogens with one attached hydrogen (secondary N) is 2. The Morgan fingerprint density at radius 1 is 1.47 bits per heavy atom. The maximum absolute atomic E-state index is 12.0. The fourth-order valence-corrected chi connectivity index (χ4v) is 2.05. The van der Waals surface area contributed by atoms with Gasteiger partial charge in [0.15, 0.2) is 0 Å². The van der Waals surface area contributed by atoms with Gasteiger partial charge in [-0.25, -0.2) is 0 Å². The van der Waals surface area contributed by atoms with E-state index in [1.807, 2.05) is 0 Å². The van der Waals surface area contributed by atoms with Crippen LogP contribution < -0.4 is 10.6 Å². The largest absolute Gasteiger partial charge is 0.345 e. The highest BCUT2D eigenvalue weighted by molar-refractivity contribution is 5.82. The fraction of sp³-hybridized carbons (Fsp3) is 0.750. The molecular weight excluding hydrogens is 188 g/mol. The highest BCUT2D eigenvalue weighted by Crippen LogP contribution is 2.32. The van der Waals surface area contributed by atoms with Crippen LogP contribution >= 0.6 is 0 Å². The van der Waals surface area contributed by atoms with E-state index >= 15 is 0 Å². The lowest BCUT2D eigenvalue weighted by Gasteiger charge is -2.35. The Labute approximate surface area is 92.0 Å². The third kappa shape index (κ3) is 2.97. The number of piperidine rings is 1. The molecule has 3 heteroatoms. The molecule has 15 heavy (non-hydrogen) atoms. The molecule has 0 unspecified atom stereocenters. The van der Waals surface area contributed by atoms with Crippen LogP contribution in [0.3, 0.4) is 0 Å². The average molecular weight is 208 g/mol. The number of rotatable bonds is 3. The number of hydrogen-bond acceptors (Lipinski definition) is 2. The molecule has 1 aliphatic heterocycles. The Hall–Kier alpha value is -1.01. The summed E-state index contributed by atoms with van der Waals surface area (Å²) in [6.45, 7) is 6.24. The third-order valence-electron chi connectivity index (χ3n) is 3.23. The van der Waals surface area contributed by atoms with Crippen molar-refractivity contribution >= 4 is 5.91 Å². The molecule has 1 rings (SSSR count). The van der Waals surface area contributed by atoms with E-state index in [-0.39, 0.29) is 11.3 Å². The van der Waals surface area contributed by atoms with Crippen LogP contribution in [0.15, 0.2) is 0 Å². The first-order valence-electron chi connectivity index (χ1n) is 5.64. The van der Waals surface area contributed by atoms with Crippen LogP contribution in [0.5, 0.6) is 0 Å². The zero-order chi connectivity index (χ0) is 11.1. The average Bonchev–Trinajstić information content (AvgIpc) is 2.30. The Morgan fingerprint density at radius 2 is 2.13 bits per heavy atom. The van der Waals surface area contributed by atoms with Crippen molar-refractivity contribution in [2.45, 2.75) is 33.1 Å². The highest BCUT2D eigenvalue weighted by atomic mass is 16.2. The first-order valence-corrected chi connectivity index (χ1v) is 5.64. The van der Waals surface area contributed by atoms with Gasteiger partial charge in [0.05, 0.1) is 12.0 Å². The van der Waals surface area contributed by atoms with Gasteiger partial charge >= 0.3 is 0 Å². The Balaban J connectivity index is 2.54.